The second-order valence-electron chi connectivity index (χ2n) is 4.46. The lowest BCUT2D eigenvalue weighted by atomic mass is 10.0. The number of benzene rings is 2. The summed E-state index contributed by atoms with van der Waals surface area (Å²) >= 11 is 0. The Balaban J connectivity index is 2.14. The number of ether oxygens (including phenoxy) is 2. The molecule has 1 aliphatic heterocycles. The number of fused-ring (bicyclic) bond motifs is 2. The molecule has 0 amide bonds. The van der Waals surface area contributed by atoms with Crippen LogP contribution in [0.4, 0.5) is 0 Å². The Morgan fingerprint density at radius 2 is 1.80 bits per heavy atom. The van der Waals surface area contributed by atoms with Gasteiger partial charge in [0.25, 0.3) is 0 Å². The highest BCUT2D eigenvalue weighted by atomic mass is 16.7. The van der Waals surface area contributed by atoms with E-state index in [2.05, 4.69) is 0 Å². The number of rotatable bonds is 1. The van der Waals surface area contributed by atoms with Crippen LogP contribution in [0.3, 0.4) is 0 Å². The molecule has 2 aromatic rings. The van der Waals surface area contributed by atoms with Gasteiger partial charge in [-0.2, -0.15) is 0 Å². The molecule has 0 bridgehead atoms. The number of hydrogen-bond acceptors (Lipinski definition) is 4. The monoisotopic (exact) mass is 272 g/mol. The van der Waals surface area contributed by atoms with E-state index in [4.69, 9.17) is 14.6 Å². The van der Waals surface area contributed by atoms with E-state index in [1.807, 2.05) is 12.1 Å². The van der Waals surface area contributed by atoms with E-state index < -0.39 is 12.3 Å². The van der Waals surface area contributed by atoms with Crippen LogP contribution in [0.25, 0.3) is 0 Å². The quantitative estimate of drug-likeness (QED) is 0.832. The zero-order chi connectivity index (χ0) is 14.1. The zero-order valence-corrected chi connectivity index (χ0v) is 10.4. The smallest absolute Gasteiger partial charge is 0.387 e. The minimum Gasteiger partial charge on any atom is -0.504 e. The van der Waals surface area contributed by atoms with Crippen LogP contribution in [0.2, 0.25) is 0 Å². The van der Waals surface area contributed by atoms with E-state index >= 15 is 0 Å². The molecule has 0 aromatic heterocycles. The van der Waals surface area contributed by atoms with E-state index in [9.17, 15) is 9.90 Å². The molecule has 0 aliphatic carbocycles. The lowest BCUT2D eigenvalue weighted by molar-refractivity contribution is -0.158. The number of carboxylic acid groups (broad SMARTS) is 1. The molecule has 2 N–H and O–H groups in total. The second kappa shape index (κ2) is 4.77. The highest BCUT2D eigenvalue weighted by Gasteiger charge is 2.27. The topological polar surface area (TPSA) is 76.0 Å². The van der Waals surface area contributed by atoms with Crippen molar-refractivity contribution in [1.29, 1.82) is 0 Å². The van der Waals surface area contributed by atoms with E-state index in [-0.39, 0.29) is 11.5 Å². The maximum atomic E-state index is 11.2. The van der Waals surface area contributed by atoms with Crippen molar-refractivity contribution in [2.24, 2.45) is 0 Å². The van der Waals surface area contributed by atoms with Crippen LogP contribution in [0.5, 0.6) is 17.2 Å². The standard InChI is InChI=1S/C15H12O5/c16-11-6-3-5-10-8-9-4-1-2-7-12(9)19-15(14(17)18)20-13(10)11/h1-7,15-16H,8H2,(H,17,18). The Hall–Kier alpha value is -2.69. The zero-order valence-electron chi connectivity index (χ0n) is 10.4. The predicted molar refractivity (Wildman–Crippen MR) is 70.0 cm³/mol. The number of para-hydroxylation sites is 2. The van der Waals surface area contributed by atoms with Crippen molar-refractivity contribution < 1.29 is 24.5 Å². The van der Waals surface area contributed by atoms with Crippen LogP contribution in [-0.4, -0.2) is 22.5 Å². The molecule has 3 rings (SSSR count). The molecule has 102 valence electrons. The summed E-state index contributed by atoms with van der Waals surface area (Å²) in [6.45, 7) is 0. The summed E-state index contributed by atoms with van der Waals surface area (Å²) in [6.07, 6.45) is -1.00. The molecule has 1 heterocycles. The maximum absolute atomic E-state index is 11.2. The number of carboxylic acids is 1. The third-order valence-electron chi connectivity index (χ3n) is 3.09. The third kappa shape index (κ3) is 2.14. The molecular formula is C15H12O5. The fourth-order valence-corrected chi connectivity index (χ4v) is 2.16. The first-order valence-electron chi connectivity index (χ1n) is 6.10. The summed E-state index contributed by atoms with van der Waals surface area (Å²) in [7, 11) is 0. The minimum absolute atomic E-state index is 0.100. The van der Waals surface area contributed by atoms with Gasteiger partial charge in [-0.15, -0.1) is 0 Å². The van der Waals surface area contributed by atoms with Gasteiger partial charge in [-0.1, -0.05) is 30.3 Å². The van der Waals surface area contributed by atoms with Crippen molar-refractivity contribution in [1.82, 2.24) is 0 Å². The van der Waals surface area contributed by atoms with Gasteiger partial charge in [-0.05, 0) is 17.7 Å². The van der Waals surface area contributed by atoms with Crippen LogP contribution < -0.4 is 9.47 Å². The average Bonchev–Trinajstić information content (AvgIpc) is 2.40. The summed E-state index contributed by atoms with van der Waals surface area (Å²) in [5.74, 6) is -0.740. The Labute approximate surface area is 115 Å². The Kier molecular flexibility index (Phi) is 2.95. The number of aliphatic carboxylic acids is 1. The van der Waals surface area contributed by atoms with E-state index in [1.165, 1.54) is 6.07 Å². The van der Waals surface area contributed by atoms with Crippen molar-refractivity contribution in [3.63, 3.8) is 0 Å². The lowest BCUT2D eigenvalue weighted by Crippen LogP contribution is -2.34. The molecule has 5 nitrogen and oxygen atoms in total. The van der Waals surface area contributed by atoms with Gasteiger partial charge in [0.15, 0.2) is 11.5 Å². The molecule has 0 fully saturated rings. The number of phenolic OH excluding ortho intramolecular Hbond substituents is 1. The Bertz CT molecular complexity index is 665. The molecule has 1 aliphatic rings. The summed E-state index contributed by atoms with van der Waals surface area (Å²) in [5, 5.41) is 19.0. The van der Waals surface area contributed by atoms with Gasteiger partial charge < -0.3 is 19.7 Å². The largest absolute Gasteiger partial charge is 0.504 e. The molecule has 0 saturated carbocycles. The molecule has 0 radical (unpaired) electrons. The summed E-state index contributed by atoms with van der Waals surface area (Å²) in [4.78, 5) is 11.2. The molecule has 5 heteroatoms. The van der Waals surface area contributed by atoms with Gasteiger partial charge in [-0.25, -0.2) is 4.79 Å². The molecule has 0 spiro atoms. The number of carbonyl (C=O) groups is 1. The maximum Gasteiger partial charge on any atom is 0.387 e. The highest BCUT2D eigenvalue weighted by molar-refractivity contribution is 5.72. The number of hydrogen-bond donors (Lipinski definition) is 2. The van der Waals surface area contributed by atoms with Crippen molar-refractivity contribution in [2.75, 3.05) is 0 Å². The lowest BCUT2D eigenvalue weighted by Gasteiger charge is -2.23. The van der Waals surface area contributed by atoms with E-state index in [0.29, 0.717) is 17.7 Å². The number of phenols is 1. The molecule has 0 saturated heterocycles. The molecule has 1 atom stereocenters. The average molecular weight is 272 g/mol. The van der Waals surface area contributed by atoms with Crippen LogP contribution in [0, 0.1) is 0 Å². The van der Waals surface area contributed by atoms with Gasteiger partial charge in [-0.3, -0.25) is 0 Å². The number of aromatic hydroxyl groups is 1. The van der Waals surface area contributed by atoms with Crippen molar-refractivity contribution in [3.05, 3.63) is 53.6 Å². The van der Waals surface area contributed by atoms with Crippen LogP contribution >= 0.6 is 0 Å². The fraction of sp³-hybridized carbons (Fsp3) is 0.133. The van der Waals surface area contributed by atoms with Crippen molar-refractivity contribution >= 4 is 5.97 Å². The van der Waals surface area contributed by atoms with Gasteiger partial charge in [0.2, 0.25) is 0 Å². The predicted octanol–water partition coefficient (Wildman–Crippen LogP) is 2.16. The van der Waals surface area contributed by atoms with Crippen LogP contribution in [-0.2, 0) is 11.2 Å². The molecule has 2 aromatic carbocycles. The molecule has 1 unspecified atom stereocenters. The van der Waals surface area contributed by atoms with Crippen LogP contribution in [0.15, 0.2) is 42.5 Å². The second-order valence-corrected chi connectivity index (χ2v) is 4.46. The van der Waals surface area contributed by atoms with Gasteiger partial charge in [0.05, 0.1) is 0 Å². The van der Waals surface area contributed by atoms with Gasteiger partial charge >= 0.3 is 12.3 Å². The van der Waals surface area contributed by atoms with Crippen molar-refractivity contribution in [2.45, 2.75) is 12.7 Å². The summed E-state index contributed by atoms with van der Waals surface area (Å²) < 4.78 is 10.7. The van der Waals surface area contributed by atoms with Crippen LogP contribution in [0.1, 0.15) is 11.1 Å². The SMILES string of the molecule is O=C(O)C1Oc2ccccc2Cc2cccc(O)c2O1. The highest BCUT2D eigenvalue weighted by Crippen LogP contribution is 2.36. The summed E-state index contributed by atoms with van der Waals surface area (Å²) in [6, 6.07) is 12.1. The normalized spacial score (nSPS) is 16.7. The molecule has 20 heavy (non-hydrogen) atoms. The Morgan fingerprint density at radius 3 is 2.60 bits per heavy atom. The fourth-order valence-electron chi connectivity index (χ4n) is 2.16. The summed E-state index contributed by atoms with van der Waals surface area (Å²) in [5.41, 5.74) is 1.56. The van der Waals surface area contributed by atoms with Crippen molar-refractivity contribution in [3.8, 4) is 17.2 Å². The first-order valence-corrected chi connectivity index (χ1v) is 6.10. The molecular weight excluding hydrogens is 260 g/mol. The van der Waals surface area contributed by atoms with E-state index in [1.54, 1.807) is 24.3 Å². The first kappa shape index (κ1) is 12.3. The van der Waals surface area contributed by atoms with Gasteiger partial charge in [0.1, 0.15) is 5.75 Å². The van der Waals surface area contributed by atoms with Gasteiger partial charge in [0, 0.05) is 12.0 Å². The third-order valence-corrected chi connectivity index (χ3v) is 3.09. The first-order chi connectivity index (χ1) is 9.65. The Morgan fingerprint density at radius 1 is 1.05 bits per heavy atom. The minimum atomic E-state index is -1.50. The van der Waals surface area contributed by atoms with E-state index in [0.717, 1.165) is 5.56 Å².